The number of fused-ring (bicyclic) bond motifs is 1. The normalized spacial score (nSPS) is 20.4. The molecule has 2 aliphatic heterocycles. The molecule has 27 heavy (non-hydrogen) atoms. The largest absolute Gasteiger partial charge is 0.333 e. The molecule has 0 N–H and O–H groups in total. The quantitative estimate of drug-likeness (QED) is 0.808. The summed E-state index contributed by atoms with van der Waals surface area (Å²) < 4.78 is 0. The number of carbonyl (C=O) groups excluding carboxylic acids is 1. The van der Waals surface area contributed by atoms with Crippen molar-refractivity contribution in [2.75, 3.05) is 13.1 Å². The molecule has 5 nitrogen and oxygen atoms in total. The van der Waals surface area contributed by atoms with Crippen LogP contribution in [-0.2, 0) is 24.3 Å². The van der Waals surface area contributed by atoms with E-state index in [1.165, 1.54) is 5.56 Å². The highest BCUT2D eigenvalue weighted by Crippen LogP contribution is 2.30. The van der Waals surface area contributed by atoms with Gasteiger partial charge in [-0.25, -0.2) is 9.97 Å². The molecule has 0 unspecified atom stereocenters. The van der Waals surface area contributed by atoms with Crippen molar-refractivity contribution in [3.8, 4) is 0 Å². The van der Waals surface area contributed by atoms with Gasteiger partial charge in [0.2, 0.25) is 5.91 Å². The van der Waals surface area contributed by atoms with E-state index in [1.54, 1.807) is 6.92 Å². The van der Waals surface area contributed by atoms with Crippen molar-refractivity contribution in [1.29, 1.82) is 0 Å². The maximum atomic E-state index is 12.0. The molecule has 6 heteroatoms. The van der Waals surface area contributed by atoms with Crippen LogP contribution in [0.4, 0.5) is 0 Å². The van der Waals surface area contributed by atoms with E-state index in [9.17, 15) is 4.79 Å². The highest BCUT2D eigenvalue weighted by Gasteiger charge is 2.29. The zero-order valence-corrected chi connectivity index (χ0v) is 16.5. The van der Waals surface area contributed by atoms with Crippen LogP contribution in [0, 0.1) is 0 Å². The molecular formula is C21H25ClN4O. The summed E-state index contributed by atoms with van der Waals surface area (Å²) in [5.41, 5.74) is 3.46. The number of hydrogen-bond acceptors (Lipinski definition) is 4. The highest BCUT2D eigenvalue weighted by molar-refractivity contribution is 6.31. The molecule has 0 saturated carbocycles. The maximum absolute atomic E-state index is 12.0. The first-order valence-electron chi connectivity index (χ1n) is 9.69. The molecule has 1 atom stereocenters. The van der Waals surface area contributed by atoms with Crippen molar-refractivity contribution in [2.24, 2.45) is 0 Å². The second kappa shape index (κ2) is 7.95. The van der Waals surface area contributed by atoms with Gasteiger partial charge in [-0.05, 0) is 30.9 Å². The fraction of sp³-hybridized carbons (Fsp3) is 0.476. The van der Waals surface area contributed by atoms with Gasteiger partial charge >= 0.3 is 0 Å². The standard InChI is InChI=1S/C21H25ClN4O/c1-15(27)26-10-5-4-8-20(26)21-23-12-17-14-25(11-9-19(17)24-21)13-16-6-2-3-7-18(16)22/h2-3,6-7,12,20H,4-5,8-11,13-14H2,1H3/t20-/m0/s1. The maximum Gasteiger partial charge on any atom is 0.220 e. The Hall–Kier alpha value is -1.98. The summed E-state index contributed by atoms with van der Waals surface area (Å²) in [6.45, 7) is 5.08. The van der Waals surface area contributed by atoms with Crippen molar-refractivity contribution in [3.05, 3.63) is 58.1 Å². The van der Waals surface area contributed by atoms with Crippen LogP contribution in [-0.4, -0.2) is 38.8 Å². The molecule has 1 amide bonds. The Morgan fingerprint density at radius 2 is 2.11 bits per heavy atom. The van der Waals surface area contributed by atoms with Gasteiger partial charge < -0.3 is 4.90 Å². The molecule has 2 aliphatic rings. The molecule has 0 spiro atoms. The zero-order valence-electron chi connectivity index (χ0n) is 15.7. The minimum Gasteiger partial charge on any atom is -0.333 e. The van der Waals surface area contributed by atoms with E-state index in [4.69, 9.17) is 16.6 Å². The molecule has 2 aromatic rings. The summed E-state index contributed by atoms with van der Waals surface area (Å²) in [7, 11) is 0. The van der Waals surface area contributed by atoms with Gasteiger partial charge in [-0.2, -0.15) is 0 Å². The van der Waals surface area contributed by atoms with E-state index < -0.39 is 0 Å². The number of halogens is 1. The van der Waals surface area contributed by atoms with Crippen LogP contribution in [0.1, 0.15) is 54.9 Å². The molecule has 0 aliphatic carbocycles. The summed E-state index contributed by atoms with van der Waals surface area (Å²) >= 11 is 6.31. The van der Waals surface area contributed by atoms with Crippen molar-refractivity contribution in [3.63, 3.8) is 0 Å². The highest BCUT2D eigenvalue weighted by atomic mass is 35.5. The third-order valence-corrected chi connectivity index (χ3v) is 5.96. The van der Waals surface area contributed by atoms with Crippen molar-refractivity contribution >= 4 is 17.5 Å². The predicted octanol–water partition coefficient (Wildman–Crippen LogP) is 3.76. The first-order chi connectivity index (χ1) is 13.1. The number of likely N-dealkylation sites (tertiary alicyclic amines) is 1. The number of piperidine rings is 1. The predicted molar refractivity (Wildman–Crippen MR) is 105 cm³/mol. The molecular weight excluding hydrogens is 360 g/mol. The lowest BCUT2D eigenvalue weighted by Gasteiger charge is -2.35. The number of amides is 1. The Labute approximate surface area is 165 Å². The lowest BCUT2D eigenvalue weighted by Crippen LogP contribution is -2.38. The van der Waals surface area contributed by atoms with E-state index in [2.05, 4.69) is 16.0 Å². The number of rotatable bonds is 3. The van der Waals surface area contributed by atoms with E-state index in [0.717, 1.165) is 74.0 Å². The number of hydrogen-bond donors (Lipinski definition) is 0. The number of benzene rings is 1. The van der Waals surface area contributed by atoms with Gasteiger partial charge in [0.05, 0.1) is 6.04 Å². The van der Waals surface area contributed by atoms with Crippen LogP contribution in [0.5, 0.6) is 0 Å². The molecule has 1 fully saturated rings. The molecule has 1 saturated heterocycles. The van der Waals surface area contributed by atoms with Crippen LogP contribution in [0.3, 0.4) is 0 Å². The first-order valence-corrected chi connectivity index (χ1v) is 10.1. The molecule has 142 valence electrons. The molecule has 1 aromatic carbocycles. The van der Waals surface area contributed by atoms with Gasteiger partial charge in [0.25, 0.3) is 0 Å². The SMILES string of the molecule is CC(=O)N1CCCC[C@H]1c1ncc2c(n1)CCN(Cc1ccccc1Cl)C2. The molecule has 4 rings (SSSR count). The third-order valence-electron chi connectivity index (χ3n) is 5.59. The average Bonchev–Trinajstić information content (AvgIpc) is 2.69. The van der Waals surface area contributed by atoms with Gasteiger partial charge in [-0.3, -0.25) is 9.69 Å². The van der Waals surface area contributed by atoms with E-state index in [1.807, 2.05) is 29.3 Å². The summed E-state index contributed by atoms with van der Waals surface area (Å²) in [6.07, 6.45) is 6.01. The van der Waals surface area contributed by atoms with Gasteiger partial charge in [-0.15, -0.1) is 0 Å². The van der Waals surface area contributed by atoms with E-state index in [-0.39, 0.29) is 11.9 Å². The van der Waals surface area contributed by atoms with Crippen molar-refractivity contribution < 1.29 is 4.79 Å². The van der Waals surface area contributed by atoms with Gasteiger partial charge in [0.15, 0.2) is 5.82 Å². The Morgan fingerprint density at radius 3 is 2.93 bits per heavy atom. The monoisotopic (exact) mass is 384 g/mol. The first kappa shape index (κ1) is 18.4. The Bertz CT molecular complexity index is 841. The fourth-order valence-electron chi connectivity index (χ4n) is 4.13. The minimum absolute atomic E-state index is 0.0303. The van der Waals surface area contributed by atoms with Crippen LogP contribution in [0.2, 0.25) is 5.02 Å². The van der Waals surface area contributed by atoms with Gasteiger partial charge in [0.1, 0.15) is 0 Å². The topological polar surface area (TPSA) is 49.3 Å². The van der Waals surface area contributed by atoms with Crippen LogP contribution in [0.25, 0.3) is 0 Å². The van der Waals surface area contributed by atoms with E-state index in [0.29, 0.717) is 0 Å². The van der Waals surface area contributed by atoms with Crippen LogP contribution >= 0.6 is 11.6 Å². The molecule has 0 bridgehead atoms. The number of aromatic nitrogens is 2. The Morgan fingerprint density at radius 1 is 1.26 bits per heavy atom. The minimum atomic E-state index is 0.0303. The summed E-state index contributed by atoms with van der Waals surface area (Å²) in [6, 6.07) is 8.04. The lowest BCUT2D eigenvalue weighted by atomic mass is 10.0. The van der Waals surface area contributed by atoms with Gasteiger partial charge in [0, 0.05) is 62.0 Å². The second-order valence-electron chi connectivity index (χ2n) is 7.48. The average molecular weight is 385 g/mol. The van der Waals surface area contributed by atoms with E-state index >= 15 is 0 Å². The lowest BCUT2D eigenvalue weighted by molar-refractivity contribution is -0.132. The second-order valence-corrected chi connectivity index (χ2v) is 7.88. The Balaban J connectivity index is 1.50. The molecule has 1 aromatic heterocycles. The molecule has 0 radical (unpaired) electrons. The fourth-order valence-corrected chi connectivity index (χ4v) is 4.33. The molecule has 3 heterocycles. The Kier molecular flexibility index (Phi) is 5.41. The zero-order chi connectivity index (χ0) is 18.8. The summed E-state index contributed by atoms with van der Waals surface area (Å²) in [5.74, 6) is 0.926. The van der Waals surface area contributed by atoms with Crippen molar-refractivity contribution in [1.82, 2.24) is 19.8 Å². The number of nitrogens with zero attached hydrogens (tertiary/aromatic N) is 4. The van der Waals surface area contributed by atoms with Crippen LogP contribution in [0.15, 0.2) is 30.5 Å². The third kappa shape index (κ3) is 3.99. The van der Waals surface area contributed by atoms with Crippen LogP contribution < -0.4 is 0 Å². The van der Waals surface area contributed by atoms with Crippen molar-refractivity contribution in [2.45, 2.75) is 51.7 Å². The summed E-state index contributed by atoms with van der Waals surface area (Å²) in [5, 5.41) is 0.816. The number of carbonyl (C=O) groups is 1. The summed E-state index contributed by atoms with van der Waals surface area (Å²) in [4.78, 5) is 25.8. The smallest absolute Gasteiger partial charge is 0.220 e. The van der Waals surface area contributed by atoms with Gasteiger partial charge in [-0.1, -0.05) is 29.8 Å².